The highest BCUT2D eigenvalue weighted by Gasteiger charge is 2.14. The van der Waals surface area contributed by atoms with Crippen LogP contribution in [0.4, 0.5) is 5.82 Å². The van der Waals surface area contributed by atoms with Crippen molar-refractivity contribution in [2.75, 3.05) is 5.32 Å². The fourth-order valence-electron chi connectivity index (χ4n) is 2.26. The predicted octanol–water partition coefficient (Wildman–Crippen LogP) is 2.43. The zero-order chi connectivity index (χ0) is 16.2. The first-order valence-electron chi connectivity index (χ1n) is 7.51. The summed E-state index contributed by atoms with van der Waals surface area (Å²) in [6.45, 7) is 4.87. The van der Waals surface area contributed by atoms with E-state index in [-0.39, 0.29) is 11.6 Å². The highest BCUT2D eigenvalue weighted by atomic mass is 16.2. The quantitative estimate of drug-likeness (QED) is 0.785. The summed E-state index contributed by atoms with van der Waals surface area (Å²) < 4.78 is 3.44. The number of nitrogens with one attached hydrogen (secondary N) is 1. The smallest absolute Gasteiger partial charge is 0.279 e. The molecule has 1 aromatic carbocycles. The Balaban J connectivity index is 1.74. The Bertz CT molecular complexity index is 805. The van der Waals surface area contributed by atoms with E-state index < -0.39 is 0 Å². The molecule has 0 unspecified atom stereocenters. The molecule has 2 aromatic heterocycles. The molecule has 0 aliphatic carbocycles. The summed E-state index contributed by atoms with van der Waals surface area (Å²) in [5, 5.41) is 15.0. The van der Waals surface area contributed by atoms with Crippen molar-refractivity contribution in [1.29, 1.82) is 0 Å². The molecule has 0 bridgehead atoms. The van der Waals surface area contributed by atoms with Gasteiger partial charge in [-0.25, -0.2) is 4.68 Å². The Morgan fingerprint density at radius 3 is 2.78 bits per heavy atom. The molecule has 23 heavy (non-hydrogen) atoms. The molecule has 118 valence electrons. The Morgan fingerprint density at radius 1 is 1.26 bits per heavy atom. The molecule has 0 spiro atoms. The van der Waals surface area contributed by atoms with Crippen LogP contribution in [0.3, 0.4) is 0 Å². The fraction of sp³-hybridized carbons (Fsp3) is 0.250. The van der Waals surface area contributed by atoms with Gasteiger partial charge in [-0.15, -0.1) is 5.10 Å². The largest absolute Gasteiger partial charge is 0.304 e. The van der Waals surface area contributed by atoms with E-state index in [1.807, 2.05) is 48.0 Å². The summed E-state index contributed by atoms with van der Waals surface area (Å²) in [7, 11) is 0. The van der Waals surface area contributed by atoms with Gasteiger partial charge in [0, 0.05) is 18.3 Å². The molecule has 7 heteroatoms. The predicted molar refractivity (Wildman–Crippen MR) is 86.6 cm³/mol. The molecule has 0 saturated heterocycles. The van der Waals surface area contributed by atoms with Crippen molar-refractivity contribution in [3.63, 3.8) is 0 Å². The van der Waals surface area contributed by atoms with Crippen molar-refractivity contribution in [3.8, 4) is 5.69 Å². The Hall–Kier alpha value is -2.96. The van der Waals surface area contributed by atoms with Crippen molar-refractivity contribution < 1.29 is 4.79 Å². The molecule has 0 aliphatic rings. The molecule has 0 saturated carbocycles. The minimum atomic E-state index is -0.326. The van der Waals surface area contributed by atoms with Gasteiger partial charge in [0.05, 0.1) is 11.9 Å². The summed E-state index contributed by atoms with van der Waals surface area (Å²) in [6.07, 6.45) is 2.59. The van der Waals surface area contributed by atoms with Gasteiger partial charge in [-0.3, -0.25) is 9.48 Å². The standard InChI is InChI=1S/C16H18N6O/c1-3-9-21-12(2)10-15(19-21)17-16(23)14-11-22(20-18-14)13-7-5-4-6-8-13/h4-8,10-11H,3,9H2,1-2H3,(H,17,19,23). The molecule has 0 atom stereocenters. The van der Waals surface area contributed by atoms with Gasteiger partial charge in [0.1, 0.15) is 0 Å². The lowest BCUT2D eigenvalue weighted by Gasteiger charge is -2.00. The zero-order valence-electron chi connectivity index (χ0n) is 13.1. The average molecular weight is 310 g/mol. The SMILES string of the molecule is CCCn1nc(NC(=O)c2cn(-c3ccccc3)nn2)cc1C. The molecular formula is C16H18N6O. The fourth-order valence-corrected chi connectivity index (χ4v) is 2.26. The average Bonchev–Trinajstić information content (AvgIpc) is 3.16. The van der Waals surface area contributed by atoms with Gasteiger partial charge in [0.15, 0.2) is 11.5 Å². The molecule has 0 fully saturated rings. The second kappa shape index (κ2) is 6.43. The van der Waals surface area contributed by atoms with E-state index in [4.69, 9.17) is 0 Å². The van der Waals surface area contributed by atoms with Crippen LogP contribution >= 0.6 is 0 Å². The van der Waals surface area contributed by atoms with Crippen LogP contribution in [0.1, 0.15) is 29.5 Å². The topological polar surface area (TPSA) is 77.6 Å². The number of benzene rings is 1. The van der Waals surface area contributed by atoms with Gasteiger partial charge in [-0.2, -0.15) is 5.10 Å². The van der Waals surface area contributed by atoms with E-state index in [0.29, 0.717) is 5.82 Å². The molecule has 7 nitrogen and oxygen atoms in total. The van der Waals surface area contributed by atoms with Gasteiger partial charge in [-0.05, 0) is 25.5 Å². The summed E-state index contributed by atoms with van der Waals surface area (Å²) in [6, 6.07) is 11.4. The number of para-hydroxylation sites is 1. The van der Waals surface area contributed by atoms with E-state index >= 15 is 0 Å². The van der Waals surface area contributed by atoms with Gasteiger partial charge in [-0.1, -0.05) is 30.3 Å². The van der Waals surface area contributed by atoms with E-state index in [2.05, 4.69) is 27.7 Å². The van der Waals surface area contributed by atoms with Crippen molar-refractivity contribution in [2.24, 2.45) is 0 Å². The summed E-state index contributed by atoms with van der Waals surface area (Å²) in [5.74, 6) is 0.198. The number of rotatable bonds is 5. The number of aromatic nitrogens is 5. The van der Waals surface area contributed by atoms with Crippen molar-refractivity contribution in [1.82, 2.24) is 24.8 Å². The number of hydrogen-bond acceptors (Lipinski definition) is 4. The molecular weight excluding hydrogens is 292 g/mol. The highest BCUT2D eigenvalue weighted by molar-refractivity contribution is 6.02. The van der Waals surface area contributed by atoms with Crippen LogP contribution in [0.2, 0.25) is 0 Å². The lowest BCUT2D eigenvalue weighted by atomic mass is 10.3. The van der Waals surface area contributed by atoms with Gasteiger partial charge < -0.3 is 5.32 Å². The summed E-state index contributed by atoms with van der Waals surface area (Å²) in [4.78, 5) is 12.3. The van der Waals surface area contributed by atoms with E-state index in [1.165, 1.54) is 0 Å². The molecule has 1 amide bonds. The van der Waals surface area contributed by atoms with E-state index in [0.717, 1.165) is 24.3 Å². The first kappa shape index (κ1) is 15.0. The van der Waals surface area contributed by atoms with Crippen molar-refractivity contribution >= 4 is 11.7 Å². The monoisotopic (exact) mass is 310 g/mol. The van der Waals surface area contributed by atoms with Crippen molar-refractivity contribution in [2.45, 2.75) is 26.8 Å². The van der Waals surface area contributed by atoms with Crippen LogP contribution in [-0.2, 0) is 6.54 Å². The molecule has 0 aliphatic heterocycles. The minimum absolute atomic E-state index is 0.247. The van der Waals surface area contributed by atoms with Crippen LogP contribution in [0.15, 0.2) is 42.6 Å². The maximum atomic E-state index is 12.3. The van der Waals surface area contributed by atoms with Crippen LogP contribution in [0.25, 0.3) is 5.69 Å². The van der Waals surface area contributed by atoms with Crippen LogP contribution in [-0.4, -0.2) is 30.7 Å². The highest BCUT2D eigenvalue weighted by Crippen LogP contribution is 2.11. The Labute approximate surface area is 133 Å². The molecule has 1 N–H and O–H groups in total. The lowest BCUT2D eigenvalue weighted by molar-refractivity contribution is 0.102. The van der Waals surface area contributed by atoms with Crippen LogP contribution in [0.5, 0.6) is 0 Å². The number of amides is 1. The maximum absolute atomic E-state index is 12.3. The third kappa shape index (κ3) is 3.28. The first-order valence-corrected chi connectivity index (χ1v) is 7.51. The minimum Gasteiger partial charge on any atom is -0.304 e. The third-order valence-corrected chi connectivity index (χ3v) is 3.40. The van der Waals surface area contributed by atoms with E-state index in [1.54, 1.807) is 10.9 Å². The Morgan fingerprint density at radius 2 is 2.04 bits per heavy atom. The number of aryl methyl sites for hydroxylation is 2. The van der Waals surface area contributed by atoms with Gasteiger partial charge in [0.25, 0.3) is 5.91 Å². The summed E-state index contributed by atoms with van der Waals surface area (Å²) >= 11 is 0. The second-order valence-corrected chi connectivity index (χ2v) is 5.23. The van der Waals surface area contributed by atoms with E-state index in [9.17, 15) is 4.79 Å². The number of anilines is 1. The van der Waals surface area contributed by atoms with Gasteiger partial charge in [0.2, 0.25) is 0 Å². The number of carbonyl (C=O) groups is 1. The maximum Gasteiger partial charge on any atom is 0.279 e. The molecule has 3 rings (SSSR count). The molecule has 0 radical (unpaired) electrons. The van der Waals surface area contributed by atoms with Crippen molar-refractivity contribution in [3.05, 3.63) is 54.0 Å². The van der Waals surface area contributed by atoms with Crippen LogP contribution < -0.4 is 5.32 Å². The van der Waals surface area contributed by atoms with Gasteiger partial charge >= 0.3 is 0 Å². The third-order valence-electron chi connectivity index (χ3n) is 3.40. The molecule has 3 aromatic rings. The Kier molecular flexibility index (Phi) is 4.18. The van der Waals surface area contributed by atoms with Crippen LogP contribution in [0, 0.1) is 6.92 Å². The lowest BCUT2D eigenvalue weighted by Crippen LogP contribution is -2.13. The normalized spacial score (nSPS) is 10.7. The number of carbonyl (C=O) groups excluding carboxylic acids is 1. The zero-order valence-corrected chi connectivity index (χ0v) is 13.1. The number of hydrogen-bond donors (Lipinski definition) is 1. The number of nitrogens with zero attached hydrogens (tertiary/aromatic N) is 5. The molecule has 2 heterocycles. The second-order valence-electron chi connectivity index (χ2n) is 5.23. The summed E-state index contributed by atoms with van der Waals surface area (Å²) in [5.41, 5.74) is 2.11. The first-order chi connectivity index (χ1) is 11.2.